The van der Waals surface area contributed by atoms with Gasteiger partial charge in [0.05, 0.1) is 17.9 Å². The SMILES string of the molecule is CCOC(=O)c1ccsc1NC(=O)CSc1nccc(C(F)(F)F)n1. The predicted octanol–water partition coefficient (Wildman–Crippen LogP) is 3.46. The average molecular weight is 391 g/mol. The third kappa shape index (κ3) is 5.43. The van der Waals surface area contributed by atoms with Gasteiger partial charge >= 0.3 is 12.1 Å². The van der Waals surface area contributed by atoms with Crippen LogP contribution in [0.1, 0.15) is 23.0 Å². The molecule has 0 unspecified atom stereocenters. The van der Waals surface area contributed by atoms with Crippen molar-refractivity contribution < 1.29 is 27.5 Å². The summed E-state index contributed by atoms with van der Waals surface area (Å²) in [6, 6.07) is 2.27. The Morgan fingerprint density at radius 1 is 1.36 bits per heavy atom. The van der Waals surface area contributed by atoms with E-state index in [1.165, 1.54) is 6.07 Å². The van der Waals surface area contributed by atoms with E-state index in [0.717, 1.165) is 35.4 Å². The van der Waals surface area contributed by atoms with Gasteiger partial charge in [-0.1, -0.05) is 11.8 Å². The smallest absolute Gasteiger partial charge is 0.433 e. The molecule has 2 aromatic rings. The number of carbonyl (C=O) groups is 2. The molecule has 0 spiro atoms. The zero-order valence-electron chi connectivity index (χ0n) is 12.8. The Balaban J connectivity index is 1.96. The molecule has 0 aliphatic heterocycles. The van der Waals surface area contributed by atoms with E-state index in [1.54, 1.807) is 12.3 Å². The van der Waals surface area contributed by atoms with Crippen molar-refractivity contribution in [3.8, 4) is 0 Å². The summed E-state index contributed by atoms with van der Waals surface area (Å²) in [5, 5.41) is 4.29. The molecule has 0 saturated heterocycles. The number of nitrogens with one attached hydrogen (secondary N) is 1. The molecule has 134 valence electrons. The van der Waals surface area contributed by atoms with Gasteiger partial charge in [-0.3, -0.25) is 4.79 Å². The summed E-state index contributed by atoms with van der Waals surface area (Å²) in [6.45, 7) is 1.86. The van der Waals surface area contributed by atoms with Crippen molar-refractivity contribution in [3.63, 3.8) is 0 Å². The summed E-state index contributed by atoms with van der Waals surface area (Å²) in [5.41, 5.74) is -0.853. The Morgan fingerprint density at radius 3 is 2.80 bits per heavy atom. The number of ether oxygens (including phenoxy) is 1. The molecule has 25 heavy (non-hydrogen) atoms. The summed E-state index contributed by atoms with van der Waals surface area (Å²) in [7, 11) is 0. The van der Waals surface area contributed by atoms with E-state index >= 15 is 0 Å². The Morgan fingerprint density at radius 2 is 2.12 bits per heavy atom. The standard InChI is InChI=1S/C14H12F3N3O3S2/c1-2-23-12(22)8-4-6-24-11(8)20-10(21)7-25-13-18-5-3-9(19-13)14(15,16)17/h3-6H,2,7H2,1H3,(H,20,21). The van der Waals surface area contributed by atoms with Gasteiger partial charge in [0.25, 0.3) is 0 Å². The number of rotatable bonds is 6. The fourth-order valence-corrected chi connectivity index (χ4v) is 3.06. The maximum Gasteiger partial charge on any atom is 0.433 e. The van der Waals surface area contributed by atoms with Crippen molar-refractivity contribution >= 4 is 40.0 Å². The molecule has 2 aromatic heterocycles. The number of halogens is 3. The Kier molecular flexibility index (Phi) is 6.37. The van der Waals surface area contributed by atoms with Gasteiger partial charge in [-0.05, 0) is 24.4 Å². The number of thioether (sulfide) groups is 1. The normalized spacial score (nSPS) is 11.2. The molecule has 0 atom stereocenters. The van der Waals surface area contributed by atoms with Crippen LogP contribution in [0, 0.1) is 0 Å². The van der Waals surface area contributed by atoms with Gasteiger partial charge in [0, 0.05) is 6.20 Å². The van der Waals surface area contributed by atoms with E-state index in [1.807, 2.05) is 0 Å². The van der Waals surface area contributed by atoms with Crippen LogP contribution < -0.4 is 5.32 Å². The van der Waals surface area contributed by atoms with Crippen molar-refractivity contribution in [2.24, 2.45) is 0 Å². The second-order valence-electron chi connectivity index (χ2n) is 4.44. The van der Waals surface area contributed by atoms with E-state index in [4.69, 9.17) is 4.74 Å². The topological polar surface area (TPSA) is 81.2 Å². The lowest BCUT2D eigenvalue weighted by Crippen LogP contribution is -2.16. The van der Waals surface area contributed by atoms with Gasteiger partial charge in [0.2, 0.25) is 5.91 Å². The van der Waals surface area contributed by atoms with Gasteiger partial charge in [-0.25, -0.2) is 14.8 Å². The quantitative estimate of drug-likeness (QED) is 0.461. The third-order valence-electron chi connectivity index (χ3n) is 2.67. The summed E-state index contributed by atoms with van der Waals surface area (Å²) < 4.78 is 42.6. The highest BCUT2D eigenvalue weighted by Crippen LogP contribution is 2.28. The monoisotopic (exact) mass is 391 g/mol. The van der Waals surface area contributed by atoms with Gasteiger partial charge < -0.3 is 10.1 Å². The zero-order valence-corrected chi connectivity index (χ0v) is 14.4. The lowest BCUT2D eigenvalue weighted by Gasteiger charge is -2.07. The molecule has 0 aliphatic carbocycles. The van der Waals surface area contributed by atoms with Crippen LogP contribution in [0.25, 0.3) is 0 Å². The van der Waals surface area contributed by atoms with Gasteiger partial charge in [-0.15, -0.1) is 11.3 Å². The number of hydrogen-bond acceptors (Lipinski definition) is 7. The second-order valence-corrected chi connectivity index (χ2v) is 6.30. The van der Waals surface area contributed by atoms with Crippen LogP contribution in [0.3, 0.4) is 0 Å². The molecule has 2 heterocycles. The van der Waals surface area contributed by atoms with Gasteiger partial charge in [0.15, 0.2) is 5.16 Å². The number of thiophene rings is 1. The number of amides is 1. The molecule has 0 fully saturated rings. The van der Waals surface area contributed by atoms with E-state index in [0.29, 0.717) is 5.00 Å². The molecule has 0 saturated carbocycles. The van der Waals surface area contributed by atoms with Gasteiger partial charge in [-0.2, -0.15) is 13.2 Å². The fraction of sp³-hybridized carbons (Fsp3) is 0.286. The van der Waals surface area contributed by atoms with Crippen LogP contribution in [0.15, 0.2) is 28.9 Å². The Bertz CT molecular complexity index is 765. The highest BCUT2D eigenvalue weighted by Gasteiger charge is 2.32. The molecule has 2 rings (SSSR count). The number of aromatic nitrogens is 2. The molecular formula is C14H12F3N3O3S2. The minimum atomic E-state index is -4.58. The predicted molar refractivity (Wildman–Crippen MR) is 86.7 cm³/mol. The number of carbonyl (C=O) groups excluding carboxylic acids is 2. The molecule has 11 heteroatoms. The molecule has 6 nitrogen and oxygen atoms in total. The van der Waals surface area contributed by atoms with Crippen molar-refractivity contribution in [1.82, 2.24) is 9.97 Å². The number of alkyl halides is 3. The summed E-state index contributed by atoms with van der Waals surface area (Å²) in [5.74, 6) is -1.27. The van der Waals surface area contributed by atoms with Crippen LogP contribution in [0.5, 0.6) is 0 Å². The number of hydrogen-bond donors (Lipinski definition) is 1. The van der Waals surface area contributed by atoms with E-state index < -0.39 is 23.7 Å². The molecule has 0 aromatic carbocycles. The summed E-state index contributed by atoms with van der Waals surface area (Å²) in [4.78, 5) is 30.7. The summed E-state index contributed by atoms with van der Waals surface area (Å²) in [6.07, 6.45) is -3.60. The fourth-order valence-electron chi connectivity index (χ4n) is 1.64. The van der Waals surface area contributed by atoms with Crippen molar-refractivity contribution in [2.75, 3.05) is 17.7 Å². The third-order valence-corrected chi connectivity index (χ3v) is 4.36. The first kappa shape index (κ1) is 19.2. The number of esters is 1. The minimum absolute atomic E-state index is 0.165. The lowest BCUT2D eigenvalue weighted by atomic mass is 10.3. The largest absolute Gasteiger partial charge is 0.462 e. The molecule has 0 aliphatic rings. The number of anilines is 1. The highest BCUT2D eigenvalue weighted by atomic mass is 32.2. The molecule has 1 N–H and O–H groups in total. The molecule has 1 amide bonds. The minimum Gasteiger partial charge on any atom is -0.462 e. The lowest BCUT2D eigenvalue weighted by molar-refractivity contribution is -0.141. The van der Waals surface area contributed by atoms with E-state index in [2.05, 4.69) is 15.3 Å². The molecule has 0 radical (unpaired) electrons. The maximum absolute atomic E-state index is 12.6. The highest BCUT2D eigenvalue weighted by molar-refractivity contribution is 7.99. The maximum atomic E-state index is 12.6. The first-order valence-electron chi connectivity index (χ1n) is 6.88. The van der Waals surface area contributed by atoms with Gasteiger partial charge in [0.1, 0.15) is 10.7 Å². The molecule has 0 bridgehead atoms. The van der Waals surface area contributed by atoms with Crippen molar-refractivity contribution in [1.29, 1.82) is 0 Å². The zero-order chi connectivity index (χ0) is 18.4. The van der Waals surface area contributed by atoms with Crippen molar-refractivity contribution in [3.05, 3.63) is 35.0 Å². The summed E-state index contributed by atoms with van der Waals surface area (Å²) >= 11 is 1.90. The van der Waals surface area contributed by atoms with E-state index in [-0.39, 0.29) is 23.1 Å². The van der Waals surface area contributed by atoms with Crippen molar-refractivity contribution in [2.45, 2.75) is 18.3 Å². The second kappa shape index (κ2) is 8.30. The number of nitrogens with zero attached hydrogens (tertiary/aromatic N) is 2. The van der Waals surface area contributed by atoms with Crippen LogP contribution in [-0.4, -0.2) is 34.2 Å². The Hall–Kier alpha value is -2.14. The first-order chi connectivity index (χ1) is 11.8. The Labute approximate surface area is 148 Å². The van der Waals surface area contributed by atoms with Crippen LogP contribution in [0.4, 0.5) is 18.2 Å². The molecular weight excluding hydrogens is 379 g/mol. The van der Waals surface area contributed by atoms with Crippen LogP contribution >= 0.6 is 23.1 Å². The van der Waals surface area contributed by atoms with Crippen LogP contribution in [-0.2, 0) is 15.7 Å². The first-order valence-corrected chi connectivity index (χ1v) is 8.75. The average Bonchev–Trinajstić information content (AvgIpc) is 3.01. The van der Waals surface area contributed by atoms with Crippen LogP contribution in [0.2, 0.25) is 0 Å². The van der Waals surface area contributed by atoms with E-state index in [9.17, 15) is 22.8 Å².